The number of hydrogen-bond donors (Lipinski definition) is 5. The molecule has 28 heteroatoms. The Morgan fingerprint density at radius 1 is 1.02 bits per heavy atom. The number of aliphatic hydroxyl groups is 2. The Balaban J connectivity index is 1.20. The minimum absolute atomic E-state index is 0.0218. The molecule has 2 aromatic heterocycles. The third kappa shape index (κ3) is 14.2. The first kappa shape index (κ1) is 47.5. The Kier molecular flexibility index (Phi) is 16.7. The number of aliphatic hydroxyl groups excluding tert-OH is 2. The number of imidazole rings is 1. The van der Waals surface area contributed by atoms with Gasteiger partial charge in [0.05, 0.1) is 27.4 Å². The number of anilines is 1. The molecule has 1 aliphatic heterocycles. The normalized spacial score (nSPS) is 21.2. The molecule has 7 unspecified atom stereocenters. The molecule has 322 valence electrons. The number of fused-ring (bicyclic) bond motifs is 1. The minimum atomic E-state index is -5.92. The summed E-state index contributed by atoms with van der Waals surface area (Å²) in [6.07, 6.45) is -6.65. The molecule has 0 bridgehead atoms. The van der Waals surface area contributed by atoms with E-state index in [1.165, 1.54) is 13.8 Å². The van der Waals surface area contributed by atoms with Crippen LogP contribution in [-0.2, 0) is 57.1 Å². The molecule has 0 aliphatic carbocycles. The number of nitrogen functional groups attached to an aromatic ring is 1. The van der Waals surface area contributed by atoms with Crippen LogP contribution in [0, 0.1) is 5.41 Å². The molecular formula is C30H40N7O17P3S-4. The van der Waals surface area contributed by atoms with Crippen LogP contribution in [0.15, 0.2) is 43.0 Å². The smallest absolute Gasteiger partial charge is 0.274 e. The Bertz CT molecular complexity index is 2040. The average molecular weight is 896 g/mol. The molecule has 0 saturated carbocycles. The summed E-state index contributed by atoms with van der Waals surface area (Å²) in [6, 6.07) is 9.49. The number of aromatic nitrogens is 4. The SMILES string of the molecule is CC(C)(COP(=O)([O-])OP(=O)([O-])OCC1OC(n2cnc3c(N)ncnc32)C(O)C1OP(=O)([O-])[O-])C(O)C(=O)NCCC(=O)NCCSC(=O)CCc1ccccc1. The Labute approximate surface area is 334 Å². The summed E-state index contributed by atoms with van der Waals surface area (Å²) in [5.74, 6) is -1.21. The molecule has 0 spiro atoms. The molecule has 1 aromatic carbocycles. The van der Waals surface area contributed by atoms with Gasteiger partial charge < -0.3 is 69.0 Å². The van der Waals surface area contributed by atoms with Crippen molar-refractivity contribution in [2.45, 2.75) is 63.8 Å². The maximum Gasteiger partial charge on any atom is 0.274 e. The zero-order valence-electron chi connectivity index (χ0n) is 30.7. The number of phosphoric ester groups is 3. The van der Waals surface area contributed by atoms with E-state index in [0.717, 1.165) is 34.5 Å². The third-order valence-corrected chi connectivity index (χ3v) is 12.1. The zero-order chi connectivity index (χ0) is 42.9. The van der Waals surface area contributed by atoms with Gasteiger partial charge in [0, 0.05) is 37.1 Å². The number of hydrogen-bond acceptors (Lipinski definition) is 22. The van der Waals surface area contributed by atoms with Crippen molar-refractivity contribution < 1.29 is 80.5 Å². The number of amides is 2. The number of nitrogens with two attached hydrogens (primary N) is 1. The van der Waals surface area contributed by atoms with Gasteiger partial charge in [0.1, 0.15) is 36.3 Å². The summed E-state index contributed by atoms with van der Waals surface area (Å²) >= 11 is 1.08. The second kappa shape index (κ2) is 20.4. The Hall–Kier alpha value is -3.22. The molecule has 1 saturated heterocycles. The number of nitrogens with zero attached hydrogens (tertiary/aromatic N) is 4. The van der Waals surface area contributed by atoms with Crippen LogP contribution in [0.2, 0.25) is 0 Å². The number of carbonyl (C=O) groups is 3. The van der Waals surface area contributed by atoms with Gasteiger partial charge in [0.25, 0.3) is 15.6 Å². The molecular weight excluding hydrogens is 855 g/mol. The topological polar surface area (TPSA) is 375 Å². The van der Waals surface area contributed by atoms with Gasteiger partial charge in [-0.15, -0.1) is 0 Å². The van der Waals surface area contributed by atoms with Crippen LogP contribution in [0.4, 0.5) is 5.82 Å². The Morgan fingerprint density at radius 2 is 1.71 bits per heavy atom. The fourth-order valence-electron chi connectivity index (χ4n) is 5.24. The van der Waals surface area contributed by atoms with E-state index in [1.807, 2.05) is 30.3 Å². The van der Waals surface area contributed by atoms with Gasteiger partial charge in [-0.3, -0.25) is 28.1 Å². The van der Waals surface area contributed by atoms with Crippen LogP contribution >= 0.6 is 35.2 Å². The second-order valence-corrected chi connectivity index (χ2v) is 18.4. The zero-order valence-corrected chi connectivity index (χ0v) is 34.2. The van der Waals surface area contributed by atoms with E-state index in [-0.39, 0.29) is 41.6 Å². The van der Waals surface area contributed by atoms with E-state index in [1.54, 1.807) is 0 Å². The maximum atomic E-state index is 12.6. The van der Waals surface area contributed by atoms with Gasteiger partial charge in [-0.1, -0.05) is 55.9 Å². The highest BCUT2D eigenvalue weighted by Gasteiger charge is 2.47. The molecule has 6 N–H and O–H groups in total. The van der Waals surface area contributed by atoms with E-state index in [9.17, 15) is 57.9 Å². The summed E-state index contributed by atoms with van der Waals surface area (Å²) in [6.45, 7) is 0.0940. The summed E-state index contributed by atoms with van der Waals surface area (Å²) in [5.41, 5.74) is 5.10. The number of rotatable bonds is 22. The first-order chi connectivity index (χ1) is 27.1. The van der Waals surface area contributed by atoms with Gasteiger partial charge in [-0.25, -0.2) is 19.3 Å². The molecule has 4 rings (SSSR count). The highest BCUT2D eigenvalue weighted by atomic mass is 32.2. The van der Waals surface area contributed by atoms with Crippen molar-refractivity contribution in [3.63, 3.8) is 0 Å². The molecule has 2 amide bonds. The van der Waals surface area contributed by atoms with Crippen molar-refractivity contribution in [3.8, 4) is 0 Å². The van der Waals surface area contributed by atoms with Crippen LogP contribution in [0.5, 0.6) is 0 Å². The van der Waals surface area contributed by atoms with Crippen LogP contribution in [0.25, 0.3) is 11.2 Å². The minimum Gasteiger partial charge on any atom is -0.790 e. The lowest BCUT2D eigenvalue weighted by Gasteiger charge is -2.36. The van der Waals surface area contributed by atoms with Crippen LogP contribution in [0.3, 0.4) is 0 Å². The van der Waals surface area contributed by atoms with Gasteiger partial charge in [-0.05, 0) is 12.0 Å². The van der Waals surface area contributed by atoms with E-state index < -0.39 is 84.6 Å². The van der Waals surface area contributed by atoms with E-state index in [4.69, 9.17) is 10.5 Å². The molecule has 1 aliphatic rings. The van der Waals surface area contributed by atoms with Gasteiger partial charge in [0.15, 0.2) is 22.8 Å². The van der Waals surface area contributed by atoms with E-state index in [2.05, 4.69) is 43.5 Å². The van der Waals surface area contributed by atoms with E-state index in [0.29, 0.717) is 18.6 Å². The fourth-order valence-corrected chi connectivity index (χ4v) is 8.65. The van der Waals surface area contributed by atoms with Gasteiger partial charge >= 0.3 is 0 Å². The van der Waals surface area contributed by atoms with Crippen molar-refractivity contribution in [1.82, 2.24) is 30.2 Å². The predicted octanol–water partition coefficient (Wildman–Crippen LogP) is -2.23. The average Bonchev–Trinajstić information content (AvgIpc) is 3.71. The number of ether oxygens (including phenoxy) is 1. The first-order valence-corrected chi connectivity index (χ1v) is 22.5. The molecule has 7 atom stereocenters. The molecule has 0 radical (unpaired) electrons. The largest absolute Gasteiger partial charge is 0.790 e. The van der Waals surface area contributed by atoms with E-state index >= 15 is 0 Å². The first-order valence-electron chi connectivity index (χ1n) is 17.1. The number of phosphoric acid groups is 3. The monoisotopic (exact) mass is 895 g/mol. The summed E-state index contributed by atoms with van der Waals surface area (Å²) < 4.78 is 60.6. The van der Waals surface area contributed by atoms with Gasteiger partial charge in [0.2, 0.25) is 11.8 Å². The van der Waals surface area contributed by atoms with Crippen LogP contribution < -0.4 is 35.9 Å². The number of carbonyl (C=O) groups excluding carboxylic acids is 3. The van der Waals surface area contributed by atoms with Crippen molar-refractivity contribution in [3.05, 3.63) is 48.5 Å². The summed E-state index contributed by atoms with van der Waals surface area (Å²) in [7, 11) is -17.6. The molecule has 58 heavy (non-hydrogen) atoms. The number of aryl methyl sites for hydroxylation is 1. The lowest BCUT2D eigenvalue weighted by Crippen LogP contribution is -2.46. The lowest BCUT2D eigenvalue weighted by atomic mass is 9.87. The van der Waals surface area contributed by atoms with Crippen LogP contribution in [0.1, 0.15) is 38.5 Å². The summed E-state index contributed by atoms with van der Waals surface area (Å²) in [4.78, 5) is 96.3. The lowest BCUT2D eigenvalue weighted by molar-refractivity contribution is -0.347. The van der Waals surface area contributed by atoms with Crippen molar-refractivity contribution in [2.75, 3.05) is 37.8 Å². The third-order valence-electron chi connectivity index (χ3n) is 8.20. The van der Waals surface area contributed by atoms with Crippen LogP contribution in [-0.4, -0.2) is 103 Å². The summed E-state index contributed by atoms with van der Waals surface area (Å²) in [5, 5.41) is 26.2. The highest BCUT2D eigenvalue weighted by molar-refractivity contribution is 8.13. The highest BCUT2D eigenvalue weighted by Crippen LogP contribution is 2.56. The Morgan fingerprint density at radius 3 is 2.40 bits per heavy atom. The fraction of sp³-hybridized carbons (Fsp3) is 0.533. The molecule has 3 heterocycles. The number of benzene rings is 1. The van der Waals surface area contributed by atoms with Crippen molar-refractivity contribution >= 4 is 69.1 Å². The van der Waals surface area contributed by atoms with Gasteiger partial charge in [-0.2, -0.15) is 0 Å². The second-order valence-electron chi connectivity index (χ2n) is 13.2. The molecule has 1 fully saturated rings. The van der Waals surface area contributed by atoms with Crippen molar-refractivity contribution in [1.29, 1.82) is 0 Å². The number of nitrogens with one attached hydrogen (secondary N) is 2. The predicted molar refractivity (Wildman–Crippen MR) is 193 cm³/mol. The maximum absolute atomic E-state index is 12.6. The molecule has 3 aromatic rings. The molecule has 24 nitrogen and oxygen atoms in total. The standard InChI is InChI=1S/C30H44N7O17P3S/c1-30(2,25(41)28(42)33-11-10-20(38)32-12-13-58-21(39)9-8-18-6-4-3-5-7-18)15-51-57(48,49)54-56(46,47)50-14-19-24(53-55(43,44)45)23(40)29(52-19)37-17-36-22-26(31)34-16-35-27(22)37/h3-7,16-17,19,23-25,29,40-41H,8-15H2,1-2H3,(H,32,38)(H,33,42)(H,46,47)(H,48,49)(H2,31,34,35)(H2,43,44,45)/p-4. The van der Waals surface area contributed by atoms with Crippen molar-refractivity contribution in [2.24, 2.45) is 5.41 Å². The number of thioether (sulfide) groups is 1. The quantitative estimate of drug-likeness (QED) is 0.0526.